The van der Waals surface area contributed by atoms with Crippen LogP contribution in [0, 0.1) is 11.3 Å². The lowest BCUT2D eigenvalue weighted by Crippen LogP contribution is -2.06. The van der Waals surface area contributed by atoms with Gasteiger partial charge in [-0.15, -0.1) is 5.10 Å². The SMILES string of the molecule is N#Cc1ccccc1-c1nc(N)n2nc(Cc3ccccn3)nc2c1-c1cccc2ncccc12. The smallest absolute Gasteiger partial charge is 0.223 e. The summed E-state index contributed by atoms with van der Waals surface area (Å²) in [6, 6.07) is 25.2. The number of hydrogen-bond acceptors (Lipinski definition) is 7. The van der Waals surface area contributed by atoms with E-state index >= 15 is 0 Å². The van der Waals surface area contributed by atoms with Crippen LogP contribution in [0.25, 0.3) is 38.9 Å². The van der Waals surface area contributed by atoms with E-state index in [1.54, 1.807) is 23.0 Å². The van der Waals surface area contributed by atoms with Crippen LogP contribution in [0.5, 0.6) is 0 Å². The highest BCUT2D eigenvalue weighted by molar-refractivity contribution is 6.03. The van der Waals surface area contributed by atoms with Crippen molar-refractivity contribution in [3.63, 3.8) is 0 Å². The lowest BCUT2D eigenvalue weighted by Gasteiger charge is -2.14. The number of nitrogen functional groups attached to an aromatic ring is 1. The highest BCUT2D eigenvalue weighted by Crippen LogP contribution is 2.39. The molecular weight excluding hydrogens is 436 g/mol. The summed E-state index contributed by atoms with van der Waals surface area (Å²) in [6.07, 6.45) is 3.95. The predicted molar refractivity (Wildman–Crippen MR) is 133 cm³/mol. The Morgan fingerprint density at radius 3 is 2.51 bits per heavy atom. The largest absolute Gasteiger partial charge is 0.368 e. The number of nitrogens with zero attached hydrogens (tertiary/aromatic N) is 7. The molecule has 6 rings (SSSR count). The minimum absolute atomic E-state index is 0.185. The average molecular weight is 454 g/mol. The van der Waals surface area contributed by atoms with Gasteiger partial charge in [-0.2, -0.15) is 9.78 Å². The maximum Gasteiger partial charge on any atom is 0.223 e. The summed E-state index contributed by atoms with van der Waals surface area (Å²) < 4.78 is 1.56. The molecule has 0 saturated carbocycles. The number of aromatic nitrogens is 6. The Balaban J connectivity index is 1.69. The molecule has 0 aliphatic heterocycles. The first-order valence-corrected chi connectivity index (χ1v) is 11.0. The van der Waals surface area contributed by atoms with Gasteiger partial charge in [0.1, 0.15) is 0 Å². The van der Waals surface area contributed by atoms with Gasteiger partial charge in [0, 0.05) is 29.0 Å². The summed E-state index contributed by atoms with van der Waals surface area (Å²) >= 11 is 0. The molecule has 2 aromatic carbocycles. The van der Waals surface area contributed by atoms with Crippen LogP contribution in [0.4, 0.5) is 5.95 Å². The van der Waals surface area contributed by atoms with Crippen LogP contribution >= 0.6 is 0 Å². The van der Waals surface area contributed by atoms with E-state index in [1.807, 2.05) is 66.7 Å². The lowest BCUT2D eigenvalue weighted by atomic mass is 9.94. The zero-order valence-corrected chi connectivity index (χ0v) is 18.5. The van der Waals surface area contributed by atoms with Gasteiger partial charge in [0.05, 0.1) is 34.8 Å². The Kier molecular flexibility index (Phi) is 4.86. The predicted octanol–water partition coefficient (Wildman–Crippen LogP) is 4.45. The van der Waals surface area contributed by atoms with Gasteiger partial charge in [0.25, 0.3) is 0 Å². The molecule has 0 aliphatic carbocycles. The first kappa shape index (κ1) is 20.4. The Hall–Kier alpha value is -5.16. The molecule has 35 heavy (non-hydrogen) atoms. The Labute approximate surface area is 200 Å². The van der Waals surface area contributed by atoms with E-state index in [2.05, 4.69) is 21.1 Å². The number of pyridine rings is 2. The van der Waals surface area contributed by atoms with Crippen molar-refractivity contribution in [2.75, 3.05) is 5.73 Å². The number of fused-ring (bicyclic) bond motifs is 2. The fourth-order valence-corrected chi connectivity index (χ4v) is 4.29. The van der Waals surface area contributed by atoms with Crippen molar-refractivity contribution in [1.82, 2.24) is 29.5 Å². The molecule has 8 nitrogen and oxygen atoms in total. The zero-order valence-electron chi connectivity index (χ0n) is 18.5. The zero-order chi connectivity index (χ0) is 23.8. The van der Waals surface area contributed by atoms with Gasteiger partial charge >= 0.3 is 0 Å². The molecule has 4 aromatic heterocycles. The second-order valence-corrected chi connectivity index (χ2v) is 7.99. The van der Waals surface area contributed by atoms with Gasteiger partial charge in [-0.25, -0.2) is 9.97 Å². The van der Waals surface area contributed by atoms with Crippen LogP contribution in [0.2, 0.25) is 0 Å². The number of hydrogen-bond donors (Lipinski definition) is 1. The van der Waals surface area contributed by atoms with E-state index in [-0.39, 0.29) is 5.95 Å². The first-order chi connectivity index (χ1) is 17.2. The summed E-state index contributed by atoms with van der Waals surface area (Å²) in [5.41, 5.74) is 12.0. The third-order valence-corrected chi connectivity index (χ3v) is 5.84. The van der Waals surface area contributed by atoms with Crippen LogP contribution in [0.1, 0.15) is 17.1 Å². The van der Waals surface area contributed by atoms with Gasteiger partial charge in [-0.05, 0) is 35.9 Å². The monoisotopic (exact) mass is 454 g/mol. The minimum atomic E-state index is 0.185. The molecule has 8 heteroatoms. The quantitative estimate of drug-likeness (QED) is 0.418. The molecule has 0 atom stereocenters. The van der Waals surface area contributed by atoms with Crippen molar-refractivity contribution in [2.45, 2.75) is 6.42 Å². The molecule has 0 radical (unpaired) electrons. The number of anilines is 1. The average Bonchev–Trinajstić information content (AvgIpc) is 3.33. The van der Waals surface area contributed by atoms with Gasteiger partial charge in [0.2, 0.25) is 5.95 Å². The molecule has 6 aromatic rings. The normalized spacial score (nSPS) is 11.1. The molecule has 0 spiro atoms. The lowest BCUT2D eigenvalue weighted by molar-refractivity contribution is 0.880. The minimum Gasteiger partial charge on any atom is -0.368 e. The van der Waals surface area contributed by atoms with E-state index < -0.39 is 0 Å². The van der Waals surface area contributed by atoms with Gasteiger partial charge in [-0.3, -0.25) is 9.97 Å². The molecule has 0 amide bonds. The fraction of sp³-hybridized carbons (Fsp3) is 0.0370. The number of nitrogens with two attached hydrogens (primary N) is 1. The van der Waals surface area contributed by atoms with Crippen molar-refractivity contribution < 1.29 is 0 Å². The molecule has 166 valence electrons. The first-order valence-electron chi connectivity index (χ1n) is 11.0. The molecule has 0 aliphatic rings. The molecule has 0 saturated heterocycles. The summed E-state index contributed by atoms with van der Waals surface area (Å²) in [6.45, 7) is 0. The topological polar surface area (TPSA) is 119 Å². The second-order valence-electron chi connectivity index (χ2n) is 7.99. The van der Waals surface area contributed by atoms with Crippen molar-refractivity contribution in [1.29, 1.82) is 5.26 Å². The Morgan fingerprint density at radius 2 is 1.66 bits per heavy atom. The van der Waals surface area contributed by atoms with Crippen molar-refractivity contribution in [3.05, 3.63) is 102 Å². The number of rotatable bonds is 4. The molecule has 0 fully saturated rings. The number of benzene rings is 2. The summed E-state index contributed by atoms with van der Waals surface area (Å²) in [5.74, 6) is 0.757. The Morgan fingerprint density at radius 1 is 0.829 bits per heavy atom. The van der Waals surface area contributed by atoms with Crippen molar-refractivity contribution in [3.8, 4) is 28.5 Å². The highest BCUT2D eigenvalue weighted by Gasteiger charge is 2.23. The maximum absolute atomic E-state index is 9.80. The van der Waals surface area contributed by atoms with Crippen LogP contribution in [-0.4, -0.2) is 29.5 Å². The van der Waals surface area contributed by atoms with Gasteiger partial charge in [-0.1, -0.05) is 42.5 Å². The van der Waals surface area contributed by atoms with Crippen LogP contribution < -0.4 is 5.73 Å². The standard InChI is InChI=1S/C27H18N8/c28-16-17-7-1-2-9-19(17)25-24(21-10-5-12-22-20(21)11-6-14-31-22)26-32-23(34-35(26)27(29)33-25)15-18-8-3-4-13-30-18/h1-14H,15H2,(H2,29,33). The second kappa shape index (κ2) is 8.32. The summed E-state index contributed by atoms with van der Waals surface area (Å²) in [5, 5.41) is 15.4. The van der Waals surface area contributed by atoms with E-state index in [1.165, 1.54) is 0 Å². The van der Waals surface area contributed by atoms with Crippen LogP contribution in [0.15, 0.2) is 85.2 Å². The summed E-state index contributed by atoms with van der Waals surface area (Å²) in [7, 11) is 0. The molecule has 0 unspecified atom stereocenters. The van der Waals surface area contributed by atoms with E-state index in [9.17, 15) is 5.26 Å². The molecular formula is C27H18N8. The van der Waals surface area contributed by atoms with Crippen LogP contribution in [-0.2, 0) is 6.42 Å². The molecule has 0 bridgehead atoms. The van der Waals surface area contributed by atoms with Gasteiger partial charge in [0.15, 0.2) is 11.5 Å². The Bertz CT molecular complexity index is 1740. The van der Waals surface area contributed by atoms with E-state index in [0.717, 1.165) is 27.7 Å². The third-order valence-electron chi connectivity index (χ3n) is 5.84. The number of nitriles is 1. The maximum atomic E-state index is 9.80. The van der Waals surface area contributed by atoms with E-state index in [0.29, 0.717) is 34.7 Å². The van der Waals surface area contributed by atoms with Crippen molar-refractivity contribution in [2.24, 2.45) is 0 Å². The summed E-state index contributed by atoms with van der Waals surface area (Å²) in [4.78, 5) is 18.5. The van der Waals surface area contributed by atoms with Gasteiger partial charge < -0.3 is 5.73 Å². The third kappa shape index (κ3) is 3.52. The molecule has 4 heterocycles. The fourth-order valence-electron chi connectivity index (χ4n) is 4.29. The highest BCUT2D eigenvalue weighted by atomic mass is 15.3. The van der Waals surface area contributed by atoms with Crippen molar-refractivity contribution >= 4 is 22.5 Å². The molecule has 2 N–H and O–H groups in total. The van der Waals surface area contributed by atoms with E-state index in [4.69, 9.17) is 15.7 Å². The van der Waals surface area contributed by atoms with Crippen LogP contribution in [0.3, 0.4) is 0 Å².